The van der Waals surface area contributed by atoms with E-state index in [1.54, 1.807) is 26.0 Å². The smallest absolute Gasteiger partial charge is 0.872 e. The Morgan fingerprint density at radius 2 is 0.923 bits per heavy atom. The Kier molecular flexibility index (Phi) is 12.6. The van der Waals surface area contributed by atoms with Crippen LogP contribution in [0.3, 0.4) is 0 Å². The SMILES string of the molecule is C[C@H]1c2cccc([O-])c2C(=O)C2=C(O)[C@]3(O)C(=O)C(C(N)=O)=C(O)[C@@H](N(C)C)[C@@H]3[C@@H](O)[C@@H]21.C[C@H]1c2cccc([O-])c2C(=O)C2=C(O)[C@]3(O)C(=O)C(C(N)=O)=C(O)[C@@H](N(C)C)[C@@H]3[C@@H](O)[C@@H]21.[Ca+2]. The number of nitrogens with zero attached hydrogens (tertiary/aromatic N) is 2. The number of primary amides is 2. The second-order valence-corrected chi connectivity index (χ2v) is 17.5. The number of ketones is 4. The van der Waals surface area contributed by atoms with E-state index in [-0.39, 0.29) is 48.9 Å². The van der Waals surface area contributed by atoms with Crippen LogP contribution in [0.25, 0.3) is 0 Å². The third-order valence-electron chi connectivity index (χ3n) is 14.0. The molecule has 8 rings (SSSR count). The van der Waals surface area contributed by atoms with Gasteiger partial charge in [0.25, 0.3) is 11.8 Å². The minimum absolute atomic E-state index is 0. The first-order chi connectivity index (χ1) is 29.7. The fourth-order valence-corrected chi connectivity index (χ4v) is 11.1. The van der Waals surface area contributed by atoms with Crippen molar-refractivity contribution in [1.82, 2.24) is 9.80 Å². The number of likely N-dealkylation sites (N-methyl/N-ethyl adjacent to an activating group) is 2. The van der Waals surface area contributed by atoms with Gasteiger partial charge >= 0.3 is 37.7 Å². The molecule has 0 saturated carbocycles. The zero-order valence-electron chi connectivity index (χ0n) is 35.8. The normalized spacial score (nSPS) is 33.8. The topological polar surface area (TPSA) is 369 Å². The van der Waals surface area contributed by atoms with Crippen LogP contribution in [-0.4, -0.2) is 187 Å². The van der Waals surface area contributed by atoms with Gasteiger partial charge in [-0.2, -0.15) is 0 Å². The molecular formula is C44H46CaN4O16. The Hall–Kier alpha value is -5.16. The first kappa shape index (κ1) is 49.3. The second kappa shape index (κ2) is 16.6. The molecule has 6 aliphatic rings. The number of benzene rings is 2. The molecule has 0 heterocycles. The minimum atomic E-state index is -2.92. The van der Waals surface area contributed by atoms with Crippen LogP contribution in [0.5, 0.6) is 11.5 Å². The minimum Gasteiger partial charge on any atom is -0.872 e. The van der Waals surface area contributed by atoms with Crippen LogP contribution in [0, 0.1) is 23.7 Å². The Labute approximate surface area is 400 Å². The molecule has 0 bridgehead atoms. The summed E-state index contributed by atoms with van der Waals surface area (Å²) in [7, 11) is 5.92. The molecule has 21 heteroatoms. The molecule has 0 aromatic heterocycles. The number of aliphatic hydroxyl groups excluding tert-OH is 6. The number of amides is 2. The third kappa shape index (κ3) is 6.51. The maximum absolute atomic E-state index is 13.3. The van der Waals surface area contributed by atoms with Crippen molar-refractivity contribution in [3.8, 4) is 11.5 Å². The molecule has 65 heavy (non-hydrogen) atoms. The monoisotopic (exact) mass is 926 g/mol. The maximum Gasteiger partial charge on any atom is 2.00 e. The van der Waals surface area contributed by atoms with Gasteiger partial charge in [-0.15, -0.1) is 0 Å². The first-order valence-corrected chi connectivity index (χ1v) is 20.0. The maximum atomic E-state index is 13.3. The summed E-state index contributed by atoms with van der Waals surface area (Å²) < 4.78 is 0. The number of Topliss-reactive ketones (excluding diaryl/α,β-unsaturated/α-hetero) is 4. The van der Waals surface area contributed by atoms with E-state index in [0.717, 1.165) is 0 Å². The summed E-state index contributed by atoms with van der Waals surface area (Å²) in [5.74, 6) is -18.6. The van der Waals surface area contributed by atoms with Gasteiger partial charge in [-0.05, 0) is 51.2 Å². The molecule has 0 aliphatic heterocycles. The second-order valence-electron chi connectivity index (χ2n) is 17.5. The predicted octanol–water partition coefficient (Wildman–Crippen LogP) is -2.34. The fraction of sp³-hybridized carbons (Fsp3) is 0.409. The van der Waals surface area contributed by atoms with Crippen molar-refractivity contribution in [2.24, 2.45) is 35.1 Å². The summed E-state index contributed by atoms with van der Waals surface area (Å²) in [5, 5.41) is 114. The van der Waals surface area contributed by atoms with Crippen LogP contribution in [0.15, 0.2) is 81.7 Å². The van der Waals surface area contributed by atoms with Gasteiger partial charge in [0.2, 0.25) is 11.6 Å². The Bertz CT molecular complexity index is 2460. The number of aliphatic hydroxyl groups is 8. The van der Waals surface area contributed by atoms with Gasteiger partial charge < -0.3 is 62.5 Å². The van der Waals surface area contributed by atoms with Crippen LogP contribution in [0.4, 0.5) is 0 Å². The summed E-state index contributed by atoms with van der Waals surface area (Å²) in [6, 6.07) is 5.88. The molecule has 0 unspecified atom stereocenters. The fourth-order valence-electron chi connectivity index (χ4n) is 11.1. The summed E-state index contributed by atoms with van der Waals surface area (Å²) in [4.78, 5) is 79.5. The number of hydrogen-bond donors (Lipinski definition) is 10. The average molecular weight is 927 g/mol. The molecular weight excluding hydrogens is 881 g/mol. The molecule has 20 nitrogen and oxygen atoms in total. The Morgan fingerprint density at radius 1 is 0.615 bits per heavy atom. The van der Waals surface area contributed by atoms with Crippen molar-refractivity contribution in [3.05, 3.63) is 104 Å². The molecule has 2 aromatic carbocycles. The largest absolute Gasteiger partial charge is 2.00 e. The standard InChI is InChI=1S/2C22H24N2O8.Ca/c2*1-7-8-5-4-6-9(25)11(8)16(26)12-10(7)17(27)14-15(24(2)3)18(28)13(21(23)31)20(30)22(14,32)19(12)29;/h2*4-7,10,14-15,17,25,27-29,32H,1-3H3,(H2,23,31);/q;;+2/p-2/t2*7-,10+,14+,15-,17-,22-;/m00./s1. The van der Waals surface area contributed by atoms with E-state index in [2.05, 4.69) is 0 Å². The van der Waals surface area contributed by atoms with Gasteiger partial charge in [0, 0.05) is 34.1 Å². The molecule has 0 fully saturated rings. The van der Waals surface area contributed by atoms with Gasteiger partial charge in [0.15, 0.2) is 22.8 Å². The molecule has 12 atom stereocenters. The zero-order valence-corrected chi connectivity index (χ0v) is 38.0. The molecule has 2 amide bonds. The summed E-state index contributed by atoms with van der Waals surface area (Å²) in [6.45, 7) is 3.30. The van der Waals surface area contributed by atoms with Gasteiger partial charge in [-0.25, -0.2) is 0 Å². The molecule has 2 aromatic rings. The molecule has 0 radical (unpaired) electrons. The van der Waals surface area contributed by atoms with Crippen molar-refractivity contribution in [1.29, 1.82) is 0 Å². The van der Waals surface area contributed by atoms with E-state index >= 15 is 0 Å². The predicted molar refractivity (Wildman–Crippen MR) is 221 cm³/mol. The van der Waals surface area contributed by atoms with Crippen molar-refractivity contribution in [3.63, 3.8) is 0 Å². The quantitative estimate of drug-likeness (QED) is 0.113. The number of fused-ring (bicyclic) bond motifs is 6. The molecule has 340 valence electrons. The van der Waals surface area contributed by atoms with Gasteiger partial charge in [0.05, 0.1) is 36.1 Å². The van der Waals surface area contributed by atoms with Gasteiger partial charge in [-0.3, -0.25) is 38.6 Å². The van der Waals surface area contributed by atoms with Crippen LogP contribution < -0.4 is 21.7 Å². The van der Waals surface area contributed by atoms with E-state index in [0.29, 0.717) is 11.1 Å². The summed E-state index contributed by atoms with van der Waals surface area (Å²) >= 11 is 0. The summed E-state index contributed by atoms with van der Waals surface area (Å²) in [5.41, 5.74) is 2.22. The number of rotatable bonds is 4. The van der Waals surface area contributed by atoms with Crippen molar-refractivity contribution in [2.45, 2.75) is 61.2 Å². The van der Waals surface area contributed by atoms with Crippen LogP contribution >= 0.6 is 0 Å². The van der Waals surface area contributed by atoms with Gasteiger partial charge in [0.1, 0.15) is 34.2 Å². The Morgan fingerprint density at radius 3 is 1.20 bits per heavy atom. The van der Waals surface area contributed by atoms with Crippen molar-refractivity contribution in [2.75, 3.05) is 28.2 Å². The molecule has 0 saturated heterocycles. The Balaban J connectivity index is 0.000000212. The van der Waals surface area contributed by atoms with Crippen LogP contribution in [0.1, 0.15) is 57.5 Å². The average Bonchev–Trinajstić information content (AvgIpc) is 3.20. The number of hydrogen-bond acceptors (Lipinski definition) is 18. The number of carbonyl (C=O) groups excluding carboxylic acids is 6. The first-order valence-electron chi connectivity index (χ1n) is 20.0. The third-order valence-corrected chi connectivity index (χ3v) is 14.0. The zero-order chi connectivity index (χ0) is 47.7. The number of carbonyl (C=O) groups is 6. The van der Waals surface area contributed by atoms with E-state index in [1.807, 2.05) is 0 Å². The molecule has 6 aliphatic carbocycles. The van der Waals surface area contributed by atoms with E-state index in [1.165, 1.54) is 62.3 Å². The van der Waals surface area contributed by atoms with Gasteiger partial charge in [-0.1, -0.05) is 61.7 Å². The summed E-state index contributed by atoms with van der Waals surface area (Å²) in [6.07, 6.45) is -3.22. The molecule has 12 N–H and O–H groups in total. The van der Waals surface area contributed by atoms with E-state index in [9.17, 15) is 79.8 Å². The van der Waals surface area contributed by atoms with Crippen LogP contribution in [-0.2, 0) is 19.2 Å². The van der Waals surface area contributed by atoms with E-state index in [4.69, 9.17) is 11.5 Å². The molecule has 0 spiro atoms. The van der Waals surface area contributed by atoms with Crippen molar-refractivity contribution >= 4 is 72.7 Å². The number of nitrogens with two attached hydrogens (primary N) is 2. The van der Waals surface area contributed by atoms with E-state index < -0.39 is 163 Å². The van der Waals surface area contributed by atoms with Crippen molar-refractivity contribution < 1.29 is 79.8 Å². The van der Waals surface area contributed by atoms with Crippen LogP contribution in [0.2, 0.25) is 0 Å².